The molecule has 0 bridgehead atoms. The number of ether oxygens (including phenoxy) is 2. The lowest BCUT2D eigenvalue weighted by Crippen LogP contribution is -2.29. The second kappa shape index (κ2) is 10.1. The van der Waals surface area contributed by atoms with Crippen LogP contribution < -0.4 is 4.90 Å². The molecule has 35 heavy (non-hydrogen) atoms. The molecule has 8 heteroatoms. The molecule has 0 aliphatic carbocycles. The molecule has 3 aromatic rings. The Morgan fingerprint density at radius 1 is 0.914 bits per heavy atom. The van der Waals surface area contributed by atoms with E-state index in [0.29, 0.717) is 23.3 Å². The molecule has 2 amide bonds. The first-order chi connectivity index (χ1) is 16.8. The van der Waals surface area contributed by atoms with E-state index in [4.69, 9.17) is 9.47 Å². The molecule has 0 N–H and O–H groups in total. The highest BCUT2D eigenvalue weighted by molar-refractivity contribution is 6.34. The van der Waals surface area contributed by atoms with Crippen LogP contribution in [0.1, 0.15) is 59.2 Å². The van der Waals surface area contributed by atoms with E-state index < -0.39 is 24.4 Å². The maximum atomic E-state index is 12.8. The van der Waals surface area contributed by atoms with Crippen LogP contribution >= 0.6 is 0 Å². The summed E-state index contributed by atoms with van der Waals surface area (Å²) in [5.74, 6) is -1.93. The second-order valence-corrected chi connectivity index (χ2v) is 8.32. The lowest BCUT2D eigenvalue weighted by Gasteiger charge is -2.14. The number of rotatable bonds is 9. The highest BCUT2D eigenvalue weighted by Gasteiger charge is 2.36. The molecule has 0 saturated heterocycles. The molecule has 0 unspecified atom stereocenters. The fraction of sp³-hybridized carbons (Fsp3) is 0.259. The van der Waals surface area contributed by atoms with Gasteiger partial charge in [0.25, 0.3) is 11.8 Å². The molecule has 0 atom stereocenters. The smallest absolute Gasteiger partial charge is 0.338 e. The summed E-state index contributed by atoms with van der Waals surface area (Å²) in [6, 6.07) is 14.4. The quantitative estimate of drug-likeness (QED) is 0.202. The number of imide groups is 1. The SMILES string of the molecule is COCCCn1c(C)cc(C(=O)COC(=O)c2cccc(N3C(=O)c4ccccc4C3=O)c2)c1C. The van der Waals surface area contributed by atoms with Gasteiger partial charge in [-0.05, 0) is 56.7 Å². The zero-order chi connectivity index (χ0) is 25.1. The van der Waals surface area contributed by atoms with Crippen molar-refractivity contribution < 1.29 is 28.7 Å². The summed E-state index contributed by atoms with van der Waals surface area (Å²) < 4.78 is 12.4. The minimum atomic E-state index is -0.717. The van der Waals surface area contributed by atoms with Crippen molar-refractivity contribution in [3.8, 4) is 0 Å². The van der Waals surface area contributed by atoms with Gasteiger partial charge in [-0.15, -0.1) is 0 Å². The number of amides is 2. The van der Waals surface area contributed by atoms with Crippen molar-refractivity contribution in [1.29, 1.82) is 0 Å². The number of carbonyl (C=O) groups is 4. The maximum Gasteiger partial charge on any atom is 0.338 e. The lowest BCUT2D eigenvalue weighted by atomic mass is 10.1. The van der Waals surface area contributed by atoms with Gasteiger partial charge < -0.3 is 14.0 Å². The highest BCUT2D eigenvalue weighted by Crippen LogP contribution is 2.29. The number of nitrogens with zero attached hydrogens (tertiary/aromatic N) is 2. The third kappa shape index (κ3) is 4.65. The van der Waals surface area contributed by atoms with Crippen LogP contribution in [0.25, 0.3) is 0 Å². The number of esters is 1. The molecule has 8 nitrogen and oxygen atoms in total. The molecule has 0 spiro atoms. The summed E-state index contributed by atoms with van der Waals surface area (Å²) in [4.78, 5) is 52.0. The summed E-state index contributed by atoms with van der Waals surface area (Å²) >= 11 is 0. The van der Waals surface area contributed by atoms with Gasteiger partial charge in [0.15, 0.2) is 6.61 Å². The van der Waals surface area contributed by atoms with Crippen LogP contribution in [0.5, 0.6) is 0 Å². The molecule has 0 radical (unpaired) electrons. The van der Waals surface area contributed by atoms with E-state index in [9.17, 15) is 19.2 Å². The average Bonchev–Trinajstić information content (AvgIpc) is 3.29. The Bertz CT molecular complexity index is 1290. The number of fused-ring (bicyclic) bond motifs is 1. The van der Waals surface area contributed by atoms with Gasteiger partial charge in [-0.25, -0.2) is 9.69 Å². The van der Waals surface area contributed by atoms with Gasteiger partial charge in [0.2, 0.25) is 5.78 Å². The number of carbonyl (C=O) groups excluding carboxylic acids is 4. The Morgan fingerprint density at radius 2 is 1.60 bits per heavy atom. The number of aryl methyl sites for hydroxylation is 1. The molecule has 1 aliphatic rings. The number of aromatic nitrogens is 1. The standard InChI is InChI=1S/C27H26N2O6/c1-17-14-23(18(2)28(17)12-7-13-34-3)24(30)16-35-27(33)19-8-6-9-20(15-19)29-25(31)21-10-4-5-11-22(21)26(29)32/h4-6,8-11,14-15H,7,12-13,16H2,1-3H3. The van der Waals surface area contributed by atoms with Crippen LogP contribution in [0.15, 0.2) is 54.6 Å². The fourth-order valence-corrected chi connectivity index (χ4v) is 4.28. The zero-order valence-corrected chi connectivity index (χ0v) is 19.9. The Morgan fingerprint density at radius 3 is 2.26 bits per heavy atom. The summed E-state index contributed by atoms with van der Waals surface area (Å²) in [5, 5.41) is 0. The van der Waals surface area contributed by atoms with Crippen LogP contribution in [0.3, 0.4) is 0 Å². The van der Waals surface area contributed by atoms with Crippen LogP contribution in [0.4, 0.5) is 5.69 Å². The third-order valence-electron chi connectivity index (χ3n) is 6.07. The summed E-state index contributed by atoms with van der Waals surface area (Å²) in [7, 11) is 1.65. The molecule has 0 saturated carbocycles. The summed E-state index contributed by atoms with van der Waals surface area (Å²) in [6.07, 6.45) is 0.818. The van der Waals surface area contributed by atoms with Crippen molar-refractivity contribution in [2.75, 3.05) is 25.2 Å². The van der Waals surface area contributed by atoms with Crippen LogP contribution in [0.2, 0.25) is 0 Å². The van der Waals surface area contributed by atoms with E-state index >= 15 is 0 Å². The van der Waals surface area contributed by atoms with Crippen LogP contribution in [-0.2, 0) is 16.0 Å². The normalized spacial score (nSPS) is 12.7. The Hall–Kier alpha value is -4.04. The van der Waals surface area contributed by atoms with E-state index in [1.54, 1.807) is 49.6 Å². The van der Waals surface area contributed by atoms with E-state index in [0.717, 1.165) is 29.3 Å². The molecule has 1 aliphatic heterocycles. The predicted molar refractivity (Wildman–Crippen MR) is 129 cm³/mol. The molecular formula is C27H26N2O6. The number of anilines is 1. The van der Waals surface area contributed by atoms with E-state index in [1.807, 2.05) is 18.4 Å². The fourth-order valence-electron chi connectivity index (χ4n) is 4.28. The Kier molecular flexibility index (Phi) is 6.93. The van der Waals surface area contributed by atoms with E-state index in [2.05, 4.69) is 0 Å². The van der Waals surface area contributed by atoms with E-state index in [-0.39, 0.29) is 17.0 Å². The molecule has 4 rings (SSSR count). The van der Waals surface area contributed by atoms with Gasteiger partial charge >= 0.3 is 5.97 Å². The topological polar surface area (TPSA) is 94.9 Å². The molecule has 0 fully saturated rings. The number of hydrogen-bond donors (Lipinski definition) is 0. The Labute approximate surface area is 203 Å². The van der Waals surface area contributed by atoms with Crippen LogP contribution in [0, 0.1) is 13.8 Å². The van der Waals surface area contributed by atoms with E-state index in [1.165, 1.54) is 12.1 Å². The maximum absolute atomic E-state index is 12.8. The van der Waals surface area contributed by atoms with Crippen molar-refractivity contribution in [3.05, 3.63) is 88.2 Å². The van der Waals surface area contributed by atoms with Crippen molar-refractivity contribution in [3.63, 3.8) is 0 Å². The largest absolute Gasteiger partial charge is 0.454 e. The zero-order valence-electron chi connectivity index (χ0n) is 19.9. The summed E-state index contributed by atoms with van der Waals surface area (Å²) in [5.41, 5.74) is 3.29. The molecule has 2 heterocycles. The number of benzene rings is 2. The minimum absolute atomic E-state index is 0.136. The molecule has 180 valence electrons. The number of ketones is 1. The number of Topliss-reactive ketones (excluding diaryl/α,β-unsaturated/α-hetero) is 1. The molecule has 2 aromatic carbocycles. The lowest BCUT2D eigenvalue weighted by molar-refractivity contribution is 0.0474. The van der Waals surface area contributed by atoms with Crippen molar-refractivity contribution in [1.82, 2.24) is 4.57 Å². The van der Waals surface area contributed by atoms with Gasteiger partial charge in [0, 0.05) is 37.2 Å². The molecular weight excluding hydrogens is 448 g/mol. The van der Waals surface area contributed by atoms with Crippen molar-refractivity contribution >= 4 is 29.3 Å². The van der Waals surface area contributed by atoms with Crippen molar-refractivity contribution in [2.24, 2.45) is 0 Å². The van der Waals surface area contributed by atoms with Gasteiger partial charge in [0.05, 0.1) is 22.4 Å². The first-order valence-corrected chi connectivity index (χ1v) is 11.3. The first kappa shape index (κ1) is 24.1. The van der Waals surface area contributed by atoms with Gasteiger partial charge in [-0.3, -0.25) is 14.4 Å². The van der Waals surface area contributed by atoms with Crippen molar-refractivity contribution in [2.45, 2.75) is 26.8 Å². The Balaban J connectivity index is 1.44. The van der Waals surface area contributed by atoms with Crippen LogP contribution in [-0.4, -0.2) is 48.5 Å². The predicted octanol–water partition coefficient (Wildman–Crippen LogP) is 3.98. The minimum Gasteiger partial charge on any atom is -0.454 e. The average molecular weight is 475 g/mol. The molecule has 1 aromatic heterocycles. The van der Waals surface area contributed by atoms with Gasteiger partial charge in [-0.1, -0.05) is 18.2 Å². The first-order valence-electron chi connectivity index (χ1n) is 11.3. The highest BCUT2D eigenvalue weighted by atomic mass is 16.5. The number of hydrogen-bond acceptors (Lipinski definition) is 6. The second-order valence-electron chi connectivity index (χ2n) is 8.32. The van der Waals surface area contributed by atoms with Gasteiger partial charge in [-0.2, -0.15) is 0 Å². The number of methoxy groups -OCH3 is 1. The summed E-state index contributed by atoms with van der Waals surface area (Å²) in [6.45, 7) is 4.72. The van der Waals surface area contributed by atoms with Gasteiger partial charge in [0.1, 0.15) is 0 Å². The third-order valence-corrected chi connectivity index (χ3v) is 6.07. The monoisotopic (exact) mass is 474 g/mol.